The van der Waals surface area contributed by atoms with Crippen LogP contribution in [0, 0.1) is 0 Å². The second-order valence-corrected chi connectivity index (χ2v) is 10.4. The number of nitrogens with zero attached hydrogens (tertiary/aromatic N) is 2. The van der Waals surface area contributed by atoms with Crippen molar-refractivity contribution >= 4 is 44.9 Å². The van der Waals surface area contributed by atoms with Gasteiger partial charge in [0.25, 0.3) is 5.56 Å². The van der Waals surface area contributed by atoms with E-state index in [-0.39, 0.29) is 5.56 Å². The first-order valence-electron chi connectivity index (χ1n) is 10.9. The van der Waals surface area contributed by atoms with Crippen LogP contribution in [0.15, 0.2) is 58.5 Å². The molecule has 2 heterocycles. The van der Waals surface area contributed by atoms with Gasteiger partial charge in [0, 0.05) is 21.7 Å². The molecule has 5 nitrogen and oxygen atoms in total. The number of rotatable bonds is 7. The Balaban J connectivity index is 1.50. The summed E-state index contributed by atoms with van der Waals surface area (Å²) in [6, 6.07) is 14.9. The minimum Gasteiger partial charge on any atom is -0.497 e. The molecule has 2 aromatic heterocycles. The number of thiophene rings is 1. The number of methoxy groups -OCH3 is 1. The molecule has 0 spiro atoms. The molecule has 5 rings (SSSR count). The average Bonchev–Trinajstić information content (AvgIpc) is 3.22. The summed E-state index contributed by atoms with van der Waals surface area (Å²) in [5, 5.41) is 2.12. The van der Waals surface area contributed by atoms with Gasteiger partial charge < -0.3 is 9.47 Å². The first-order chi connectivity index (χ1) is 16.1. The molecule has 1 aliphatic carbocycles. The average molecular weight is 499 g/mol. The summed E-state index contributed by atoms with van der Waals surface area (Å²) in [6.07, 6.45) is 4.28. The van der Waals surface area contributed by atoms with Gasteiger partial charge in [-0.25, -0.2) is 4.98 Å². The first-order valence-corrected chi connectivity index (χ1v) is 13.0. The summed E-state index contributed by atoms with van der Waals surface area (Å²) < 4.78 is 13.0. The van der Waals surface area contributed by atoms with E-state index in [1.54, 1.807) is 35.1 Å². The molecule has 0 bridgehead atoms. The summed E-state index contributed by atoms with van der Waals surface area (Å²) >= 11 is 9.13. The molecule has 4 aromatic rings. The van der Waals surface area contributed by atoms with E-state index in [0.717, 1.165) is 40.9 Å². The lowest BCUT2D eigenvalue weighted by molar-refractivity contribution is 0.344. The van der Waals surface area contributed by atoms with E-state index in [0.29, 0.717) is 28.3 Å². The van der Waals surface area contributed by atoms with Gasteiger partial charge >= 0.3 is 0 Å². The number of benzene rings is 2. The van der Waals surface area contributed by atoms with Crippen molar-refractivity contribution < 1.29 is 9.47 Å². The monoisotopic (exact) mass is 498 g/mol. The molecule has 170 valence electrons. The van der Waals surface area contributed by atoms with Gasteiger partial charge in [-0.3, -0.25) is 9.36 Å². The SMILES string of the molecule is COc1cccc(-n2c(SCCOc3ccc(Cl)cc3)nc3sc4c(c3c2=O)CCCC4)c1. The fourth-order valence-corrected chi connectivity index (χ4v) is 6.34. The van der Waals surface area contributed by atoms with Gasteiger partial charge in [-0.05, 0) is 67.6 Å². The van der Waals surface area contributed by atoms with Crippen LogP contribution in [0.3, 0.4) is 0 Å². The Labute approximate surface area is 205 Å². The predicted octanol–water partition coefficient (Wildman–Crippen LogP) is 6.16. The molecule has 2 aromatic carbocycles. The molecule has 33 heavy (non-hydrogen) atoms. The Kier molecular flexibility index (Phi) is 6.62. The third kappa shape index (κ3) is 4.63. The van der Waals surface area contributed by atoms with Crippen LogP contribution in [0.1, 0.15) is 23.3 Å². The van der Waals surface area contributed by atoms with Crippen LogP contribution in [-0.2, 0) is 12.8 Å². The normalized spacial score (nSPS) is 13.2. The highest BCUT2D eigenvalue weighted by Crippen LogP contribution is 2.35. The van der Waals surface area contributed by atoms with E-state index in [4.69, 9.17) is 26.1 Å². The van der Waals surface area contributed by atoms with Crippen LogP contribution >= 0.6 is 34.7 Å². The highest BCUT2D eigenvalue weighted by atomic mass is 35.5. The number of aromatic nitrogens is 2. The molecule has 0 amide bonds. The lowest BCUT2D eigenvalue weighted by atomic mass is 9.97. The Morgan fingerprint density at radius 2 is 1.94 bits per heavy atom. The van der Waals surface area contributed by atoms with Gasteiger partial charge in [0.1, 0.15) is 16.3 Å². The number of ether oxygens (including phenoxy) is 2. The topological polar surface area (TPSA) is 53.4 Å². The molecule has 0 N–H and O–H groups in total. The maximum atomic E-state index is 13.8. The van der Waals surface area contributed by atoms with E-state index in [9.17, 15) is 4.79 Å². The molecule has 0 saturated carbocycles. The Morgan fingerprint density at radius 1 is 1.12 bits per heavy atom. The van der Waals surface area contributed by atoms with Crippen molar-refractivity contribution in [3.8, 4) is 17.2 Å². The Hall–Kier alpha value is -2.48. The molecular weight excluding hydrogens is 476 g/mol. The number of hydrogen-bond donors (Lipinski definition) is 0. The Morgan fingerprint density at radius 3 is 2.76 bits per heavy atom. The third-order valence-electron chi connectivity index (χ3n) is 5.67. The summed E-state index contributed by atoms with van der Waals surface area (Å²) in [6.45, 7) is 0.485. The smallest absolute Gasteiger partial charge is 0.267 e. The molecule has 0 unspecified atom stereocenters. The second kappa shape index (κ2) is 9.79. The van der Waals surface area contributed by atoms with Crippen molar-refractivity contribution in [3.05, 3.63) is 74.3 Å². The molecule has 0 atom stereocenters. The molecule has 0 radical (unpaired) electrons. The zero-order valence-corrected chi connectivity index (χ0v) is 20.6. The summed E-state index contributed by atoms with van der Waals surface area (Å²) in [5.41, 5.74) is 1.94. The molecule has 0 aliphatic heterocycles. The van der Waals surface area contributed by atoms with Crippen molar-refractivity contribution in [3.63, 3.8) is 0 Å². The van der Waals surface area contributed by atoms with Crippen LogP contribution < -0.4 is 15.0 Å². The molecule has 8 heteroatoms. The van der Waals surface area contributed by atoms with Crippen molar-refractivity contribution in [2.45, 2.75) is 30.8 Å². The van der Waals surface area contributed by atoms with E-state index in [2.05, 4.69) is 0 Å². The summed E-state index contributed by atoms with van der Waals surface area (Å²) in [4.78, 5) is 20.9. The lowest BCUT2D eigenvalue weighted by Crippen LogP contribution is -2.22. The highest BCUT2D eigenvalue weighted by molar-refractivity contribution is 7.99. The van der Waals surface area contributed by atoms with Crippen molar-refractivity contribution in [1.82, 2.24) is 9.55 Å². The van der Waals surface area contributed by atoms with Crippen LogP contribution in [-0.4, -0.2) is 29.0 Å². The maximum absolute atomic E-state index is 13.8. The van der Waals surface area contributed by atoms with Crippen LogP contribution in [0.25, 0.3) is 15.9 Å². The molecule has 0 saturated heterocycles. The second-order valence-electron chi connectivity index (χ2n) is 7.78. The maximum Gasteiger partial charge on any atom is 0.267 e. The van der Waals surface area contributed by atoms with Gasteiger partial charge in [0.05, 0.1) is 24.8 Å². The number of hydrogen-bond acceptors (Lipinski definition) is 6. The minimum atomic E-state index is -0.00577. The summed E-state index contributed by atoms with van der Waals surface area (Å²) in [5.74, 6) is 2.11. The number of aryl methyl sites for hydroxylation is 2. The Bertz CT molecular complexity index is 1350. The van der Waals surface area contributed by atoms with Gasteiger partial charge in [0.15, 0.2) is 5.16 Å². The van der Waals surface area contributed by atoms with E-state index >= 15 is 0 Å². The quantitative estimate of drug-likeness (QED) is 0.173. The van der Waals surface area contributed by atoms with Gasteiger partial charge in [0.2, 0.25) is 0 Å². The molecular formula is C25H23ClN2O3S2. The van der Waals surface area contributed by atoms with E-state index in [1.165, 1.54) is 28.6 Å². The number of fused-ring (bicyclic) bond motifs is 3. The summed E-state index contributed by atoms with van der Waals surface area (Å²) in [7, 11) is 1.63. The fraction of sp³-hybridized carbons (Fsp3) is 0.280. The highest BCUT2D eigenvalue weighted by Gasteiger charge is 2.23. The van der Waals surface area contributed by atoms with Crippen LogP contribution in [0.5, 0.6) is 11.5 Å². The number of thioether (sulfide) groups is 1. The molecule has 0 fully saturated rings. The predicted molar refractivity (Wildman–Crippen MR) is 136 cm³/mol. The van der Waals surface area contributed by atoms with E-state index < -0.39 is 0 Å². The van der Waals surface area contributed by atoms with Crippen LogP contribution in [0.4, 0.5) is 0 Å². The van der Waals surface area contributed by atoms with Crippen LogP contribution in [0.2, 0.25) is 5.02 Å². The van der Waals surface area contributed by atoms with Gasteiger partial charge in [-0.1, -0.05) is 29.4 Å². The lowest BCUT2D eigenvalue weighted by Gasteiger charge is -2.14. The third-order valence-corrected chi connectivity index (χ3v) is 8.01. The van der Waals surface area contributed by atoms with Gasteiger partial charge in [-0.2, -0.15) is 0 Å². The standard InChI is InChI=1S/C25H23ClN2O3S2/c1-30-19-6-4-5-17(15-19)28-24(29)22-20-7-2-3-8-21(20)33-23(22)27-25(28)32-14-13-31-18-11-9-16(26)10-12-18/h4-6,9-12,15H,2-3,7-8,13-14H2,1H3. The molecule has 1 aliphatic rings. The van der Waals surface area contributed by atoms with Gasteiger partial charge in [-0.15, -0.1) is 11.3 Å². The largest absolute Gasteiger partial charge is 0.497 e. The van der Waals surface area contributed by atoms with E-state index in [1.807, 2.05) is 36.4 Å². The zero-order chi connectivity index (χ0) is 22.8. The minimum absolute atomic E-state index is 0.00577. The first kappa shape index (κ1) is 22.3. The number of halogens is 1. The van der Waals surface area contributed by atoms with Crippen molar-refractivity contribution in [1.29, 1.82) is 0 Å². The van der Waals surface area contributed by atoms with Crippen molar-refractivity contribution in [2.75, 3.05) is 19.5 Å². The zero-order valence-electron chi connectivity index (χ0n) is 18.2. The van der Waals surface area contributed by atoms with Crippen molar-refractivity contribution in [2.24, 2.45) is 0 Å². The fourth-order valence-electron chi connectivity index (χ4n) is 4.08.